The van der Waals surface area contributed by atoms with Crippen LogP contribution < -0.4 is 15.1 Å². The zero-order chi connectivity index (χ0) is 24.3. The summed E-state index contributed by atoms with van der Waals surface area (Å²) in [6.45, 7) is 7.24. The second-order valence-corrected chi connectivity index (χ2v) is 10.9. The molecule has 0 unspecified atom stereocenters. The van der Waals surface area contributed by atoms with Gasteiger partial charge in [-0.3, -0.25) is 19.4 Å². The Labute approximate surface area is 199 Å². The number of anilines is 2. The second-order valence-electron chi connectivity index (χ2n) is 10.9. The van der Waals surface area contributed by atoms with Crippen LogP contribution in [0, 0.1) is 11.3 Å². The van der Waals surface area contributed by atoms with E-state index < -0.39 is 11.6 Å². The lowest BCUT2D eigenvalue weighted by molar-refractivity contribution is -0.137. The monoisotopic (exact) mass is 464 g/mol. The van der Waals surface area contributed by atoms with Crippen molar-refractivity contribution in [3.63, 3.8) is 0 Å². The number of para-hydroxylation sites is 2. The number of carbonyl (C=O) groups excluding carboxylic acids is 3. The lowest BCUT2D eigenvalue weighted by Gasteiger charge is -2.43. The first-order valence-electron chi connectivity index (χ1n) is 12.0. The van der Waals surface area contributed by atoms with Crippen LogP contribution in [0.1, 0.15) is 46.5 Å². The van der Waals surface area contributed by atoms with Crippen LogP contribution in [0.15, 0.2) is 24.3 Å². The third-order valence-corrected chi connectivity index (χ3v) is 7.25. The van der Waals surface area contributed by atoms with Crippen molar-refractivity contribution in [2.45, 2.75) is 52.0 Å². The average Bonchev–Trinajstić information content (AvgIpc) is 2.88. The van der Waals surface area contributed by atoms with Gasteiger partial charge in [-0.1, -0.05) is 32.9 Å². The highest BCUT2D eigenvalue weighted by molar-refractivity contribution is 6.10. The number of benzene rings is 1. The molecule has 1 spiro atoms. The highest BCUT2D eigenvalue weighted by Gasteiger charge is 2.56. The number of urea groups is 1. The molecular weight excluding hydrogens is 432 g/mol. The normalized spacial score (nSPS) is 26.6. The van der Waals surface area contributed by atoms with Crippen molar-refractivity contribution in [2.24, 2.45) is 11.3 Å². The summed E-state index contributed by atoms with van der Waals surface area (Å²) in [5, 5.41) is 2.96. The van der Waals surface area contributed by atoms with Gasteiger partial charge in [0.2, 0.25) is 5.91 Å². The van der Waals surface area contributed by atoms with Crippen molar-refractivity contribution < 1.29 is 14.4 Å². The van der Waals surface area contributed by atoms with Crippen LogP contribution in [0.5, 0.6) is 0 Å². The lowest BCUT2D eigenvalue weighted by Crippen LogP contribution is -2.54. The number of amides is 4. The van der Waals surface area contributed by atoms with Crippen LogP contribution in [-0.4, -0.2) is 64.9 Å². The van der Waals surface area contributed by atoms with Gasteiger partial charge < -0.3 is 10.2 Å². The van der Waals surface area contributed by atoms with Crippen molar-refractivity contribution in [1.82, 2.24) is 20.2 Å². The van der Waals surface area contributed by atoms with E-state index in [-0.39, 0.29) is 23.8 Å². The number of rotatable bonds is 2. The molecule has 4 amide bonds. The number of fused-ring (bicyclic) bond motifs is 2. The summed E-state index contributed by atoms with van der Waals surface area (Å²) >= 11 is 0. The molecule has 3 heterocycles. The largest absolute Gasteiger partial charge is 0.357 e. The lowest BCUT2D eigenvalue weighted by atomic mass is 9.64. The molecule has 9 nitrogen and oxygen atoms in total. The van der Waals surface area contributed by atoms with Crippen molar-refractivity contribution in [1.29, 1.82) is 0 Å². The fourth-order valence-corrected chi connectivity index (χ4v) is 6.21. The van der Waals surface area contributed by atoms with E-state index in [1.807, 2.05) is 36.2 Å². The molecule has 1 saturated carbocycles. The van der Waals surface area contributed by atoms with E-state index >= 15 is 0 Å². The van der Waals surface area contributed by atoms with Gasteiger partial charge in [0, 0.05) is 20.1 Å². The van der Waals surface area contributed by atoms with Crippen LogP contribution in [-0.2, 0) is 9.59 Å². The van der Waals surface area contributed by atoms with Gasteiger partial charge in [0.15, 0.2) is 11.6 Å². The van der Waals surface area contributed by atoms with Gasteiger partial charge in [0.1, 0.15) is 12.1 Å². The average molecular weight is 465 g/mol. The van der Waals surface area contributed by atoms with E-state index in [0.717, 1.165) is 29.8 Å². The molecule has 1 N–H and O–H groups in total. The minimum absolute atomic E-state index is 0.0639. The Morgan fingerprint density at radius 2 is 1.76 bits per heavy atom. The van der Waals surface area contributed by atoms with E-state index in [4.69, 9.17) is 9.97 Å². The van der Waals surface area contributed by atoms with Crippen molar-refractivity contribution >= 4 is 40.5 Å². The zero-order valence-electron chi connectivity index (χ0n) is 20.3. The second kappa shape index (κ2) is 7.92. The topological polar surface area (TPSA) is 98.7 Å². The number of imide groups is 1. The number of nitrogens with one attached hydrogen (secondary N) is 1. The predicted octanol–water partition coefficient (Wildman–Crippen LogP) is 2.94. The minimum Gasteiger partial charge on any atom is -0.357 e. The van der Waals surface area contributed by atoms with E-state index in [2.05, 4.69) is 26.1 Å². The summed E-state index contributed by atoms with van der Waals surface area (Å²) in [6, 6.07) is 7.06. The van der Waals surface area contributed by atoms with Crippen LogP contribution in [0.3, 0.4) is 0 Å². The Hall–Kier alpha value is -3.23. The van der Waals surface area contributed by atoms with Gasteiger partial charge in [-0.2, -0.15) is 0 Å². The maximum Gasteiger partial charge on any atom is 0.325 e. The molecule has 2 fully saturated rings. The maximum absolute atomic E-state index is 13.5. The first kappa shape index (κ1) is 22.6. The van der Waals surface area contributed by atoms with Crippen molar-refractivity contribution in [2.75, 3.05) is 36.5 Å². The molecule has 3 aliphatic rings. The van der Waals surface area contributed by atoms with Gasteiger partial charge in [0.25, 0.3) is 5.91 Å². The number of hydrogen-bond donors (Lipinski definition) is 1. The van der Waals surface area contributed by atoms with Gasteiger partial charge in [-0.05, 0) is 49.1 Å². The zero-order valence-corrected chi connectivity index (χ0v) is 20.3. The molecule has 2 atom stereocenters. The molecule has 0 radical (unpaired) electrons. The fraction of sp³-hybridized carbons (Fsp3) is 0.560. The molecular formula is C25H32N6O3. The highest BCUT2D eigenvalue weighted by atomic mass is 16.2. The van der Waals surface area contributed by atoms with E-state index in [1.165, 1.54) is 0 Å². The van der Waals surface area contributed by atoms with Crippen molar-refractivity contribution in [3.8, 4) is 0 Å². The summed E-state index contributed by atoms with van der Waals surface area (Å²) in [4.78, 5) is 54.2. The SMILES string of the molecule is C[C@H]1CC(C)(C)C[C@]2(C1)NC(=O)N(CC(=O)N1CCCN(C)c3nc4ccccc4nc31)C2=O. The van der Waals surface area contributed by atoms with Crippen molar-refractivity contribution in [3.05, 3.63) is 24.3 Å². The van der Waals surface area contributed by atoms with Gasteiger partial charge in [-0.25, -0.2) is 14.8 Å². The molecule has 34 heavy (non-hydrogen) atoms. The van der Waals surface area contributed by atoms with Crippen LogP contribution >= 0.6 is 0 Å². The van der Waals surface area contributed by atoms with Crippen LogP contribution in [0.4, 0.5) is 16.4 Å². The number of nitrogens with zero attached hydrogens (tertiary/aromatic N) is 5. The van der Waals surface area contributed by atoms with Crippen LogP contribution in [0.2, 0.25) is 0 Å². The third-order valence-electron chi connectivity index (χ3n) is 7.25. The molecule has 1 aliphatic carbocycles. The Balaban J connectivity index is 1.43. The summed E-state index contributed by atoms with van der Waals surface area (Å²) in [7, 11) is 1.93. The van der Waals surface area contributed by atoms with E-state index in [0.29, 0.717) is 42.5 Å². The van der Waals surface area contributed by atoms with E-state index in [1.54, 1.807) is 4.90 Å². The number of hydrogen-bond acceptors (Lipinski definition) is 6. The number of aromatic nitrogens is 2. The molecule has 9 heteroatoms. The van der Waals surface area contributed by atoms with Gasteiger partial charge in [0.05, 0.1) is 11.0 Å². The Morgan fingerprint density at radius 1 is 1.09 bits per heavy atom. The Kier molecular flexibility index (Phi) is 5.26. The molecule has 2 aliphatic heterocycles. The number of carbonyl (C=O) groups is 3. The fourth-order valence-electron chi connectivity index (χ4n) is 6.21. The molecule has 1 aromatic carbocycles. The van der Waals surface area contributed by atoms with Gasteiger partial charge in [-0.15, -0.1) is 0 Å². The summed E-state index contributed by atoms with van der Waals surface area (Å²) in [6.07, 6.45) is 2.91. The third kappa shape index (κ3) is 3.76. The van der Waals surface area contributed by atoms with Gasteiger partial charge >= 0.3 is 6.03 Å². The Morgan fingerprint density at radius 3 is 2.44 bits per heavy atom. The molecule has 0 bridgehead atoms. The Bertz CT molecular complexity index is 1180. The predicted molar refractivity (Wildman–Crippen MR) is 130 cm³/mol. The summed E-state index contributed by atoms with van der Waals surface area (Å²) < 4.78 is 0. The minimum atomic E-state index is -0.925. The smallest absolute Gasteiger partial charge is 0.325 e. The summed E-state index contributed by atoms with van der Waals surface area (Å²) in [5.41, 5.74) is 0.464. The molecule has 1 saturated heterocycles. The standard InChI is InChI=1S/C25H32N6O3/c1-16-12-24(2,3)15-25(13-16)22(33)31(23(34)28-25)14-19(32)30-11-7-10-29(4)20-21(30)27-18-9-6-5-8-17(18)26-20/h5-6,8-9,16H,7,10-15H2,1-4H3,(H,28,34)/t16-,25-/m0/s1. The molecule has 180 valence electrons. The maximum atomic E-state index is 13.5. The molecule has 1 aromatic heterocycles. The first-order valence-corrected chi connectivity index (χ1v) is 12.0. The highest BCUT2D eigenvalue weighted by Crippen LogP contribution is 2.46. The summed E-state index contributed by atoms with van der Waals surface area (Å²) in [5.74, 6) is 0.784. The quantitative estimate of drug-likeness (QED) is 0.686. The molecule has 5 rings (SSSR count). The molecule has 2 aromatic rings. The van der Waals surface area contributed by atoms with Crippen LogP contribution in [0.25, 0.3) is 11.0 Å². The van der Waals surface area contributed by atoms with E-state index in [9.17, 15) is 14.4 Å². The first-order chi connectivity index (χ1) is 16.1.